The molecule has 7 nitrogen and oxygen atoms in total. The van der Waals surface area contributed by atoms with Crippen molar-refractivity contribution in [2.75, 3.05) is 14.1 Å². The van der Waals surface area contributed by atoms with E-state index < -0.39 is 18.0 Å². The van der Waals surface area contributed by atoms with Crippen molar-refractivity contribution in [1.29, 1.82) is 0 Å². The molecule has 1 aromatic carbocycles. The molecule has 28 heavy (non-hydrogen) atoms. The molecule has 9 heteroatoms. The van der Waals surface area contributed by atoms with Gasteiger partial charge in [-0.15, -0.1) is 10.2 Å². The summed E-state index contributed by atoms with van der Waals surface area (Å²) in [6.07, 6.45) is 1.08. The first-order valence-corrected chi connectivity index (χ1v) is 8.33. The van der Waals surface area contributed by atoms with Gasteiger partial charge in [0.25, 0.3) is 5.89 Å². The van der Waals surface area contributed by atoms with Crippen molar-refractivity contribution in [2.45, 2.75) is 19.1 Å². The number of rotatable bonds is 7. The smallest absolute Gasteiger partial charge is 0.314 e. The molecule has 0 bridgehead atoms. The van der Waals surface area contributed by atoms with Gasteiger partial charge in [0, 0.05) is 23.5 Å². The van der Waals surface area contributed by atoms with Gasteiger partial charge in [-0.25, -0.2) is 0 Å². The van der Waals surface area contributed by atoms with Crippen molar-refractivity contribution in [3.05, 3.63) is 59.7 Å². The Morgan fingerprint density at radius 2 is 2.04 bits per heavy atom. The van der Waals surface area contributed by atoms with Crippen molar-refractivity contribution in [3.8, 4) is 17.2 Å². The SMILES string of the molecule is CN(C)C(C)(Oc1ccc(-c2nnc(C(F)F)o2)cc1C=O)c1cccnc1. The van der Waals surface area contributed by atoms with Gasteiger partial charge in [-0.3, -0.25) is 14.7 Å². The van der Waals surface area contributed by atoms with Gasteiger partial charge in [-0.05, 0) is 45.3 Å². The second kappa shape index (κ2) is 7.81. The predicted molar refractivity (Wildman–Crippen MR) is 96.0 cm³/mol. The average Bonchev–Trinajstić information content (AvgIpc) is 3.19. The van der Waals surface area contributed by atoms with E-state index in [4.69, 9.17) is 9.15 Å². The van der Waals surface area contributed by atoms with Crippen LogP contribution in [0, 0.1) is 0 Å². The molecule has 0 aliphatic carbocycles. The molecule has 0 saturated carbocycles. The van der Waals surface area contributed by atoms with Crippen molar-refractivity contribution in [3.63, 3.8) is 0 Å². The highest BCUT2D eigenvalue weighted by molar-refractivity contribution is 5.82. The summed E-state index contributed by atoms with van der Waals surface area (Å²) in [6, 6.07) is 8.23. The Kier molecular flexibility index (Phi) is 5.46. The van der Waals surface area contributed by atoms with Gasteiger partial charge in [0.1, 0.15) is 5.75 Å². The molecule has 0 amide bonds. The number of ether oxygens (including phenoxy) is 1. The number of hydrogen-bond donors (Lipinski definition) is 0. The minimum atomic E-state index is -2.87. The molecule has 0 radical (unpaired) electrons. The normalized spacial score (nSPS) is 13.5. The van der Waals surface area contributed by atoms with Crippen LogP contribution >= 0.6 is 0 Å². The molecule has 0 aliphatic heterocycles. The number of nitrogens with zero attached hydrogens (tertiary/aromatic N) is 4. The number of carbonyl (C=O) groups excluding carboxylic acids is 1. The third kappa shape index (κ3) is 3.74. The van der Waals surface area contributed by atoms with E-state index in [0.717, 1.165) is 5.56 Å². The second-order valence-corrected chi connectivity index (χ2v) is 6.34. The third-order valence-electron chi connectivity index (χ3n) is 4.37. The number of pyridine rings is 1. The summed E-state index contributed by atoms with van der Waals surface area (Å²) in [7, 11) is 3.68. The van der Waals surface area contributed by atoms with Gasteiger partial charge < -0.3 is 9.15 Å². The number of alkyl halides is 2. The van der Waals surface area contributed by atoms with Crippen LogP contribution in [0.15, 0.2) is 47.1 Å². The van der Waals surface area contributed by atoms with Crippen LogP contribution in [-0.4, -0.2) is 40.5 Å². The highest BCUT2D eigenvalue weighted by Gasteiger charge is 2.33. The van der Waals surface area contributed by atoms with Crippen LogP contribution in [0.4, 0.5) is 8.78 Å². The Hall–Kier alpha value is -3.20. The lowest BCUT2D eigenvalue weighted by molar-refractivity contribution is -0.0473. The predicted octanol–water partition coefficient (Wildman–Crippen LogP) is 3.70. The number of halogens is 2. The number of aldehydes is 1. The molecular formula is C19H18F2N4O3. The Labute approximate surface area is 160 Å². The number of hydrogen-bond acceptors (Lipinski definition) is 7. The maximum Gasteiger partial charge on any atom is 0.314 e. The highest BCUT2D eigenvalue weighted by Crippen LogP contribution is 2.33. The Morgan fingerprint density at radius 1 is 1.25 bits per heavy atom. The standard InChI is InChI=1S/C19H18F2N4O3/c1-19(25(2)3,14-5-4-8-22-10-14)28-15-7-6-12(9-13(15)11-26)17-23-24-18(27-17)16(20)21/h4-11,16H,1-3H3. The minimum Gasteiger partial charge on any atom is -0.468 e. The summed E-state index contributed by atoms with van der Waals surface area (Å²) in [5.41, 5.74) is 0.438. The molecule has 2 aromatic heterocycles. The molecule has 0 fully saturated rings. The molecule has 146 valence electrons. The molecule has 0 saturated heterocycles. The second-order valence-electron chi connectivity index (χ2n) is 6.34. The summed E-state index contributed by atoms with van der Waals surface area (Å²) in [4.78, 5) is 17.6. The average molecular weight is 388 g/mol. The summed E-state index contributed by atoms with van der Waals surface area (Å²) in [6.45, 7) is 1.85. The zero-order valence-electron chi connectivity index (χ0n) is 15.5. The number of benzene rings is 1. The molecular weight excluding hydrogens is 370 g/mol. The summed E-state index contributed by atoms with van der Waals surface area (Å²) < 4.78 is 36.4. The molecule has 1 atom stereocenters. The van der Waals surface area contributed by atoms with E-state index in [-0.39, 0.29) is 11.5 Å². The van der Waals surface area contributed by atoms with Crippen LogP contribution in [0.5, 0.6) is 5.75 Å². The Morgan fingerprint density at radius 3 is 2.61 bits per heavy atom. The molecule has 0 aliphatic rings. The first-order chi connectivity index (χ1) is 13.3. The first kappa shape index (κ1) is 19.6. The fourth-order valence-electron chi connectivity index (χ4n) is 2.57. The maximum absolute atomic E-state index is 12.6. The lowest BCUT2D eigenvalue weighted by Gasteiger charge is -2.37. The van der Waals surface area contributed by atoms with Gasteiger partial charge in [0.05, 0.1) is 5.56 Å². The summed E-state index contributed by atoms with van der Waals surface area (Å²) in [5.74, 6) is -0.570. The lowest BCUT2D eigenvalue weighted by atomic mass is 10.0. The summed E-state index contributed by atoms with van der Waals surface area (Å²) in [5, 5.41) is 6.89. The zero-order chi connectivity index (χ0) is 20.3. The molecule has 0 N–H and O–H groups in total. The van der Waals surface area contributed by atoms with Crippen LogP contribution in [0.25, 0.3) is 11.5 Å². The minimum absolute atomic E-state index is 0.104. The van der Waals surface area contributed by atoms with Gasteiger partial charge in [0.2, 0.25) is 5.89 Å². The topological polar surface area (TPSA) is 81.4 Å². The number of carbonyl (C=O) groups is 1. The monoisotopic (exact) mass is 388 g/mol. The lowest BCUT2D eigenvalue weighted by Crippen LogP contribution is -2.44. The van der Waals surface area contributed by atoms with Crippen LogP contribution in [0.1, 0.15) is 35.2 Å². The maximum atomic E-state index is 12.6. The van der Waals surface area contributed by atoms with Crippen molar-refractivity contribution >= 4 is 6.29 Å². The molecule has 0 spiro atoms. The van der Waals surface area contributed by atoms with E-state index >= 15 is 0 Å². The Balaban J connectivity index is 1.96. The molecule has 1 unspecified atom stereocenters. The van der Waals surface area contributed by atoms with E-state index in [9.17, 15) is 13.6 Å². The van der Waals surface area contributed by atoms with Crippen LogP contribution in [0.3, 0.4) is 0 Å². The van der Waals surface area contributed by atoms with Gasteiger partial charge >= 0.3 is 6.43 Å². The Bertz CT molecular complexity index is 963. The van der Waals surface area contributed by atoms with E-state index in [1.54, 1.807) is 30.6 Å². The third-order valence-corrected chi connectivity index (χ3v) is 4.37. The molecule has 3 rings (SSSR count). The highest BCUT2D eigenvalue weighted by atomic mass is 19.3. The van der Waals surface area contributed by atoms with Crippen LogP contribution in [0.2, 0.25) is 0 Å². The van der Waals surface area contributed by atoms with Crippen LogP contribution in [-0.2, 0) is 5.72 Å². The van der Waals surface area contributed by atoms with E-state index in [1.165, 1.54) is 6.07 Å². The fourth-order valence-corrected chi connectivity index (χ4v) is 2.57. The zero-order valence-corrected chi connectivity index (χ0v) is 15.5. The van der Waals surface area contributed by atoms with Crippen molar-refractivity contribution < 1.29 is 22.7 Å². The number of aromatic nitrogens is 3. The largest absolute Gasteiger partial charge is 0.468 e. The van der Waals surface area contributed by atoms with Gasteiger partial charge in [0.15, 0.2) is 12.0 Å². The van der Waals surface area contributed by atoms with E-state index in [1.807, 2.05) is 32.0 Å². The van der Waals surface area contributed by atoms with Crippen LogP contribution < -0.4 is 4.74 Å². The molecule has 2 heterocycles. The van der Waals surface area contributed by atoms with Crippen molar-refractivity contribution in [1.82, 2.24) is 20.1 Å². The van der Waals surface area contributed by atoms with Gasteiger partial charge in [-0.2, -0.15) is 8.78 Å². The first-order valence-electron chi connectivity index (χ1n) is 8.33. The molecule has 3 aromatic rings. The quantitative estimate of drug-likeness (QED) is 0.451. The van der Waals surface area contributed by atoms with E-state index in [2.05, 4.69) is 15.2 Å². The van der Waals surface area contributed by atoms with Crippen molar-refractivity contribution in [2.24, 2.45) is 0 Å². The summed E-state index contributed by atoms with van der Waals surface area (Å²) >= 11 is 0. The fraction of sp³-hybridized carbons (Fsp3) is 0.263. The van der Waals surface area contributed by atoms with Gasteiger partial charge in [-0.1, -0.05) is 6.07 Å². The van der Waals surface area contributed by atoms with E-state index in [0.29, 0.717) is 17.6 Å².